The van der Waals surface area contributed by atoms with Crippen LogP contribution in [0.25, 0.3) is 0 Å². The van der Waals surface area contributed by atoms with Crippen molar-refractivity contribution in [3.05, 3.63) is 16.1 Å². The highest BCUT2D eigenvalue weighted by Gasteiger charge is 2.10. The lowest BCUT2D eigenvalue weighted by Crippen LogP contribution is -1.96. The fourth-order valence-corrected chi connectivity index (χ4v) is 3.29. The largest absolute Gasteiger partial charge is 0.386 e. The highest BCUT2D eigenvalue weighted by Crippen LogP contribution is 2.23. The topological polar surface area (TPSA) is 33.1 Å². The van der Waals surface area contributed by atoms with E-state index in [9.17, 15) is 5.11 Å². The molecule has 0 aliphatic carbocycles. The Bertz CT molecular complexity index is 337. The van der Waals surface area contributed by atoms with E-state index in [-0.39, 0.29) is 6.10 Å². The Labute approximate surface area is 128 Å². The smallest absolute Gasteiger partial charge is 0.121 e. The van der Waals surface area contributed by atoms with E-state index >= 15 is 0 Å². The summed E-state index contributed by atoms with van der Waals surface area (Å²) in [5, 5.41) is 12.9. The predicted octanol–water partition coefficient (Wildman–Crippen LogP) is 5.80. The van der Waals surface area contributed by atoms with Crippen LogP contribution in [-0.2, 0) is 0 Å². The minimum Gasteiger partial charge on any atom is -0.386 e. The molecular weight excluding hydrogens is 266 g/mol. The maximum Gasteiger partial charge on any atom is 0.121 e. The van der Waals surface area contributed by atoms with Crippen molar-refractivity contribution in [2.75, 3.05) is 0 Å². The molecule has 1 aromatic rings. The fraction of sp³-hybridized carbons (Fsp3) is 0.824. The van der Waals surface area contributed by atoms with Gasteiger partial charge in [-0.15, -0.1) is 11.3 Å². The molecule has 0 fully saturated rings. The number of hydrogen-bond acceptors (Lipinski definition) is 3. The van der Waals surface area contributed by atoms with Crippen LogP contribution in [0.15, 0.2) is 5.38 Å². The van der Waals surface area contributed by atoms with E-state index in [4.69, 9.17) is 0 Å². The standard InChI is InChI=1S/C17H31NOS/c1-3-4-5-6-7-8-9-10-11-12-13-16(19)17-18-15(2)14-20-17/h14,16,19H,3-13H2,1-2H3. The second-order valence-electron chi connectivity index (χ2n) is 5.81. The molecule has 0 aliphatic heterocycles. The lowest BCUT2D eigenvalue weighted by molar-refractivity contribution is 0.162. The highest BCUT2D eigenvalue weighted by atomic mass is 32.1. The van der Waals surface area contributed by atoms with Crippen LogP contribution in [0.4, 0.5) is 0 Å². The number of nitrogens with zero attached hydrogens (tertiary/aromatic N) is 1. The van der Waals surface area contributed by atoms with Gasteiger partial charge in [-0.1, -0.05) is 71.1 Å². The molecule has 1 heterocycles. The molecule has 20 heavy (non-hydrogen) atoms. The Balaban J connectivity index is 1.89. The van der Waals surface area contributed by atoms with Gasteiger partial charge < -0.3 is 5.11 Å². The number of aliphatic hydroxyl groups is 1. The summed E-state index contributed by atoms with van der Waals surface area (Å²) in [5.74, 6) is 0. The summed E-state index contributed by atoms with van der Waals surface area (Å²) in [4.78, 5) is 4.34. The molecule has 0 radical (unpaired) electrons. The normalized spacial score (nSPS) is 12.8. The summed E-state index contributed by atoms with van der Waals surface area (Å²) in [6, 6.07) is 0. The summed E-state index contributed by atoms with van der Waals surface area (Å²) < 4.78 is 0. The minimum absolute atomic E-state index is 0.345. The van der Waals surface area contributed by atoms with Gasteiger partial charge in [0.15, 0.2) is 0 Å². The van der Waals surface area contributed by atoms with Crippen LogP contribution in [0.1, 0.15) is 94.4 Å². The molecule has 1 aromatic heterocycles. The molecule has 0 bridgehead atoms. The first-order valence-electron chi connectivity index (χ1n) is 8.34. The molecule has 3 heteroatoms. The number of unbranched alkanes of at least 4 members (excludes halogenated alkanes) is 9. The molecule has 0 saturated carbocycles. The van der Waals surface area contributed by atoms with E-state index < -0.39 is 0 Å². The van der Waals surface area contributed by atoms with Crippen molar-refractivity contribution in [3.63, 3.8) is 0 Å². The maximum absolute atomic E-state index is 10.0. The Kier molecular flexibility index (Phi) is 9.94. The highest BCUT2D eigenvalue weighted by molar-refractivity contribution is 7.09. The van der Waals surface area contributed by atoms with Gasteiger partial charge in [-0.3, -0.25) is 0 Å². The van der Waals surface area contributed by atoms with Crippen molar-refractivity contribution in [1.29, 1.82) is 0 Å². The van der Waals surface area contributed by atoms with Gasteiger partial charge in [-0.25, -0.2) is 4.98 Å². The van der Waals surface area contributed by atoms with Crippen molar-refractivity contribution in [1.82, 2.24) is 4.98 Å². The lowest BCUT2D eigenvalue weighted by atomic mass is 10.0. The van der Waals surface area contributed by atoms with Gasteiger partial charge in [0, 0.05) is 11.1 Å². The van der Waals surface area contributed by atoms with Crippen LogP contribution in [0.2, 0.25) is 0 Å². The van der Waals surface area contributed by atoms with Gasteiger partial charge in [-0.2, -0.15) is 0 Å². The molecule has 1 unspecified atom stereocenters. The molecule has 1 N–H and O–H groups in total. The third-order valence-electron chi connectivity index (χ3n) is 3.75. The molecule has 2 nitrogen and oxygen atoms in total. The molecule has 0 aromatic carbocycles. The number of aryl methyl sites for hydroxylation is 1. The summed E-state index contributed by atoms with van der Waals surface area (Å²) in [7, 11) is 0. The predicted molar refractivity (Wildman–Crippen MR) is 88.3 cm³/mol. The zero-order valence-corrected chi connectivity index (χ0v) is 14.1. The van der Waals surface area contributed by atoms with Crippen molar-refractivity contribution >= 4 is 11.3 Å². The first-order valence-corrected chi connectivity index (χ1v) is 9.22. The SMILES string of the molecule is CCCCCCCCCCCCC(O)c1nc(C)cs1. The first kappa shape index (κ1) is 17.6. The third-order valence-corrected chi connectivity index (χ3v) is 4.82. The zero-order chi connectivity index (χ0) is 14.6. The zero-order valence-electron chi connectivity index (χ0n) is 13.2. The van der Waals surface area contributed by atoms with Crippen molar-refractivity contribution in [2.45, 2.75) is 90.6 Å². The second-order valence-corrected chi connectivity index (χ2v) is 6.70. The molecule has 0 aliphatic rings. The molecule has 0 saturated heterocycles. The molecule has 0 amide bonds. The van der Waals surface area contributed by atoms with Crippen LogP contribution in [0, 0.1) is 6.92 Å². The van der Waals surface area contributed by atoms with E-state index in [0.29, 0.717) is 0 Å². The number of thiazole rings is 1. The monoisotopic (exact) mass is 297 g/mol. The molecule has 1 rings (SSSR count). The summed E-state index contributed by atoms with van der Waals surface area (Å²) in [6.07, 6.45) is 13.9. The Hall–Kier alpha value is -0.410. The van der Waals surface area contributed by atoms with Gasteiger partial charge in [0.2, 0.25) is 0 Å². The molecule has 1 atom stereocenters. The van der Waals surface area contributed by atoms with E-state index in [1.54, 1.807) is 11.3 Å². The average molecular weight is 298 g/mol. The Morgan fingerprint density at radius 1 is 1.00 bits per heavy atom. The van der Waals surface area contributed by atoms with E-state index in [1.165, 1.54) is 57.8 Å². The van der Waals surface area contributed by atoms with Gasteiger partial charge in [0.1, 0.15) is 11.1 Å². The number of aromatic nitrogens is 1. The van der Waals surface area contributed by atoms with Crippen LogP contribution in [0.3, 0.4) is 0 Å². The van der Waals surface area contributed by atoms with Gasteiger partial charge >= 0.3 is 0 Å². The summed E-state index contributed by atoms with van der Waals surface area (Å²) in [5.41, 5.74) is 1.02. The number of hydrogen-bond donors (Lipinski definition) is 1. The van der Waals surface area contributed by atoms with E-state index in [0.717, 1.165) is 23.5 Å². The Morgan fingerprint density at radius 3 is 2.05 bits per heavy atom. The average Bonchev–Trinajstić information content (AvgIpc) is 2.87. The van der Waals surface area contributed by atoms with Crippen molar-refractivity contribution in [3.8, 4) is 0 Å². The van der Waals surface area contributed by atoms with E-state index in [2.05, 4.69) is 11.9 Å². The maximum atomic E-state index is 10.0. The van der Waals surface area contributed by atoms with Crippen LogP contribution < -0.4 is 0 Å². The van der Waals surface area contributed by atoms with E-state index in [1.807, 2.05) is 12.3 Å². The Morgan fingerprint density at radius 2 is 1.55 bits per heavy atom. The van der Waals surface area contributed by atoms with Crippen molar-refractivity contribution < 1.29 is 5.11 Å². The lowest BCUT2D eigenvalue weighted by Gasteiger charge is -2.07. The van der Waals surface area contributed by atoms with Gasteiger partial charge in [-0.05, 0) is 13.3 Å². The van der Waals surface area contributed by atoms with Crippen LogP contribution in [-0.4, -0.2) is 10.1 Å². The molecule has 116 valence electrons. The van der Waals surface area contributed by atoms with Gasteiger partial charge in [0.05, 0.1) is 0 Å². The molecular formula is C17H31NOS. The van der Waals surface area contributed by atoms with Gasteiger partial charge in [0.25, 0.3) is 0 Å². The fourth-order valence-electron chi connectivity index (χ4n) is 2.47. The summed E-state index contributed by atoms with van der Waals surface area (Å²) >= 11 is 1.58. The molecule has 0 spiro atoms. The van der Waals surface area contributed by atoms with Crippen LogP contribution >= 0.6 is 11.3 Å². The van der Waals surface area contributed by atoms with Crippen LogP contribution in [0.5, 0.6) is 0 Å². The summed E-state index contributed by atoms with van der Waals surface area (Å²) in [6.45, 7) is 4.24. The quantitative estimate of drug-likeness (QED) is 0.495. The van der Waals surface area contributed by atoms with Crippen molar-refractivity contribution in [2.24, 2.45) is 0 Å². The second kappa shape index (κ2) is 11.3. The first-order chi connectivity index (χ1) is 9.74. The minimum atomic E-state index is -0.345. The third kappa shape index (κ3) is 8.01. The number of aliphatic hydroxyl groups excluding tert-OH is 1. The number of rotatable bonds is 12.